The maximum Gasteiger partial charge on any atom is 0.343 e. The van der Waals surface area contributed by atoms with Crippen LogP contribution in [-0.2, 0) is 9.53 Å². The molecule has 0 radical (unpaired) electrons. The minimum absolute atomic E-state index is 0.400. The van der Waals surface area contributed by atoms with Gasteiger partial charge in [0.1, 0.15) is 5.76 Å². The topological polar surface area (TPSA) is 26.3 Å². The molecule has 0 amide bonds. The zero-order chi connectivity index (χ0) is 18.8. The summed E-state index contributed by atoms with van der Waals surface area (Å²) in [7, 11) is 0. The van der Waals surface area contributed by atoms with Crippen LogP contribution in [-0.4, -0.2) is 5.97 Å². The van der Waals surface area contributed by atoms with Gasteiger partial charge >= 0.3 is 5.97 Å². The molecule has 0 aliphatic carbocycles. The molecule has 0 fully saturated rings. The first-order valence-corrected chi connectivity index (χ1v) is 9.12. The highest BCUT2D eigenvalue weighted by atomic mass is 35.5. The third-order valence-corrected chi connectivity index (χ3v) is 4.84. The molecule has 4 rings (SSSR count). The first kappa shape index (κ1) is 17.6. The lowest BCUT2D eigenvalue weighted by Crippen LogP contribution is -1.97. The molecule has 0 aromatic heterocycles. The number of benzene rings is 3. The Morgan fingerprint density at radius 2 is 1.44 bits per heavy atom. The van der Waals surface area contributed by atoms with Gasteiger partial charge in [-0.2, -0.15) is 0 Å². The van der Waals surface area contributed by atoms with Crippen molar-refractivity contribution in [2.75, 3.05) is 0 Å². The van der Waals surface area contributed by atoms with Crippen LogP contribution in [0.15, 0.2) is 84.4 Å². The Balaban J connectivity index is 1.62. The molecule has 3 aromatic carbocycles. The quantitative estimate of drug-likeness (QED) is 0.368. The average Bonchev–Trinajstić information content (AvgIpc) is 3.05. The average molecular weight is 393 g/mol. The Morgan fingerprint density at radius 3 is 2.15 bits per heavy atom. The number of hydrogen-bond acceptors (Lipinski definition) is 2. The highest BCUT2D eigenvalue weighted by Gasteiger charge is 2.22. The zero-order valence-corrected chi connectivity index (χ0v) is 15.7. The first-order chi connectivity index (χ1) is 13.1. The number of carbonyl (C=O) groups excluding carboxylic acids is 1. The summed E-state index contributed by atoms with van der Waals surface area (Å²) >= 11 is 12.1. The fourth-order valence-electron chi connectivity index (χ4n) is 2.87. The van der Waals surface area contributed by atoms with Crippen molar-refractivity contribution in [1.82, 2.24) is 0 Å². The van der Waals surface area contributed by atoms with Gasteiger partial charge < -0.3 is 4.74 Å². The van der Waals surface area contributed by atoms with E-state index in [1.807, 2.05) is 42.5 Å². The molecule has 3 aromatic rings. The van der Waals surface area contributed by atoms with Crippen LogP contribution in [0.1, 0.15) is 11.1 Å². The monoisotopic (exact) mass is 392 g/mol. The van der Waals surface area contributed by atoms with E-state index >= 15 is 0 Å². The van der Waals surface area contributed by atoms with Crippen molar-refractivity contribution in [2.45, 2.75) is 0 Å². The highest BCUT2D eigenvalue weighted by Crippen LogP contribution is 2.31. The molecule has 27 heavy (non-hydrogen) atoms. The number of hydrogen-bond donors (Lipinski definition) is 0. The largest absolute Gasteiger partial charge is 0.422 e. The molecule has 0 saturated heterocycles. The SMILES string of the molecule is O=C1OC(c2ccc(-c3ccccc3)cc2)=C/C1=C\c1ccc(Cl)cc1Cl. The predicted octanol–water partition coefficient (Wildman–Crippen LogP) is 6.64. The van der Waals surface area contributed by atoms with Crippen LogP contribution in [0.5, 0.6) is 0 Å². The van der Waals surface area contributed by atoms with Gasteiger partial charge in [0.15, 0.2) is 0 Å². The normalized spacial score (nSPS) is 15.0. The van der Waals surface area contributed by atoms with E-state index in [0.717, 1.165) is 16.7 Å². The van der Waals surface area contributed by atoms with Gasteiger partial charge in [-0.05, 0) is 41.0 Å². The van der Waals surface area contributed by atoms with Gasteiger partial charge in [-0.15, -0.1) is 0 Å². The Morgan fingerprint density at radius 1 is 0.778 bits per heavy atom. The minimum atomic E-state index is -0.400. The molecular weight excluding hydrogens is 379 g/mol. The van der Waals surface area contributed by atoms with Gasteiger partial charge in [-0.3, -0.25) is 0 Å². The van der Waals surface area contributed by atoms with E-state index in [2.05, 4.69) is 12.1 Å². The van der Waals surface area contributed by atoms with E-state index in [4.69, 9.17) is 27.9 Å². The molecule has 2 nitrogen and oxygen atoms in total. The maximum atomic E-state index is 12.2. The summed E-state index contributed by atoms with van der Waals surface area (Å²) in [4.78, 5) is 12.2. The summed E-state index contributed by atoms with van der Waals surface area (Å²) in [5, 5.41) is 1.03. The number of esters is 1. The number of carbonyl (C=O) groups is 1. The van der Waals surface area contributed by atoms with Crippen LogP contribution in [0, 0.1) is 0 Å². The minimum Gasteiger partial charge on any atom is -0.422 e. The van der Waals surface area contributed by atoms with E-state index in [1.54, 1.807) is 30.4 Å². The van der Waals surface area contributed by atoms with Crippen LogP contribution in [0.4, 0.5) is 0 Å². The zero-order valence-electron chi connectivity index (χ0n) is 14.2. The molecule has 132 valence electrons. The van der Waals surface area contributed by atoms with Gasteiger partial charge in [0.05, 0.1) is 5.57 Å². The smallest absolute Gasteiger partial charge is 0.343 e. The van der Waals surface area contributed by atoms with Crippen molar-refractivity contribution in [2.24, 2.45) is 0 Å². The van der Waals surface area contributed by atoms with Gasteiger partial charge in [0.2, 0.25) is 0 Å². The lowest BCUT2D eigenvalue weighted by molar-refractivity contribution is -0.130. The molecule has 0 spiro atoms. The summed E-state index contributed by atoms with van der Waals surface area (Å²) in [6, 6.07) is 23.2. The summed E-state index contributed by atoms with van der Waals surface area (Å²) in [6.07, 6.45) is 3.43. The van der Waals surface area contributed by atoms with Gasteiger partial charge in [0, 0.05) is 15.6 Å². The fourth-order valence-corrected chi connectivity index (χ4v) is 3.34. The first-order valence-electron chi connectivity index (χ1n) is 8.37. The van der Waals surface area contributed by atoms with Gasteiger partial charge in [-0.25, -0.2) is 4.79 Å². The molecule has 0 N–H and O–H groups in total. The predicted molar refractivity (Wildman–Crippen MR) is 110 cm³/mol. The van der Waals surface area contributed by atoms with E-state index in [1.165, 1.54) is 0 Å². The van der Waals surface area contributed by atoms with Crippen molar-refractivity contribution < 1.29 is 9.53 Å². The van der Waals surface area contributed by atoms with Crippen LogP contribution in [0.3, 0.4) is 0 Å². The van der Waals surface area contributed by atoms with E-state index in [0.29, 0.717) is 26.9 Å². The molecule has 1 aliphatic rings. The highest BCUT2D eigenvalue weighted by molar-refractivity contribution is 6.35. The van der Waals surface area contributed by atoms with Crippen molar-refractivity contribution >= 4 is 41.0 Å². The van der Waals surface area contributed by atoms with Crippen LogP contribution in [0.25, 0.3) is 23.0 Å². The van der Waals surface area contributed by atoms with Crippen molar-refractivity contribution in [3.05, 3.63) is 106 Å². The molecule has 4 heteroatoms. The molecule has 1 aliphatic heterocycles. The number of rotatable bonds is 3. The van der Waals surface area contributed by atoms with Crippen molar-refractivity contribution in [1.29, 1.82) is 0 Å². The van der Waals surface area contributed by atoms with E-state index in [9.17, 15) is 4.79 Å². The number of cyclic esters (lactones) is 1. The van der Waals surface area contributed by atoms with Gasteiger partial charge in [-0.1, -0.05) is 83.9 Å². The summed E-state index contributed by atoms with van der Waals surface area (Å²) in [5.74, 6) is 0.124. The van der Waals surface area contributed by atoms with E-state index in [-0.39, 0.29) is 0 Å². The Labute approximate surface area is 167 Å². The Hall–Kier alpha value is -2.81. The lowest BCUT2D eigenvalue weighted by atomic mass is 10.0. The van der Waals surface area contributed by atoms with Crippen LogP contribution in [0.2, 0.25) is 10.0 Å². The summed E-state index contributed by atoms with van der Waals surface area (Å²) < 4.78 is 5.43. The molecule has 1 heterocycles. The van der Waals surface area contributed by atoms with Crippen LogP contribution >= 0.6 is 23.2 Å². The standard InChI is InChI=1S/C23H14Cl2O2/c24-20-11-10-18(21(25)14-20)12-19-13-22(27-23(19)26)17-8-6-16(7-9-17)15-4-2-1-3-5-15/h1-14H/b19-12+. The van der Waals surface area contributed by atoms with E-state index < -0.39 is 5.97 Å². The van der Waals surface area contributed by atoms with Gasteiger partial charge in [0.25, 0.3) is 0 Å². The second kappa shape index (κ2) is 7.43. The maximum absolute atomic E-state index is 12.2. The molecule has 0 bridgehead atoms. The fraction of sp³-hybridized carbons (Fsp3) is 0. The second-order valence-electron chi connectivity index (χ2n) is 6.11. The number of halogens is 2. The third kappa shape index (κ3) is 3.82. The summed E-state index contributed by atoms with van der Waals surface area (Å²) in [5.41, 5.74) is 4.24. The third-order valence-electron chi connectivity index (χ3n) is 4.27. The molecule has 0 saturated carbocycles. The Bertz CT molecular complexity index is 1070. The lowest BCUT2D eigenvalue weighted by Gasteiger charge is -2.05. The van der Waals surface area contributed by atoms with Crippen LogP contribution < -0.4 is 0 Å². The Kier molecular flexibility index (Phi) is 4.85. The number of ether oxygens (including phenoxy) is 1. The molecular formula is C23H14Cl2O2. The summed E-state index contributed by atoms with van der Waals surface area (Å²) in [6.45, 7) is 0. The second-order valence-corrected chi connectivity index (χ2v) is 6.95. The van der Waals surface area contributed by atoms with Crippen molar-refractivity contribution in [3.63, 3.8) is 0 Å². The van der Waals surface area contributed by atoms with Crippen molar-refractivity contribution in [3.8, 4) is 11.1 Å². The molecule has 0 atom stereocenters. The molecule has 0 unspecified atom stereocenters.